The van der Waals surface area contributed by atoms with E-state index in [-0.39, 0.29) is 0 Å². The zero-order valence-electron chi connectivity index (χ0n) is 14.5. The maximum absolute atomic E-state index is 4.99. The summed E-state index contributed by atoms with van der Waals surface area (Å²) in [6.45, 7) is 11.6. The van der Waals surface area contributed by atoms with E-state index >= 15 is 0 Å². The van der Waals surface area contributed by atoms with Crippen LogP contribution in [-0.2, 0) is 0 Å². The molecule has 0 aromatic rings. The van der Waals surface area contributed by atoms with E-state index < -0.39 is 0 Å². The Morgan fingerprint density at radius 3 is 2.43 bits per heavy atom. The minimum Gasteiger partial charge on any atom is -0.176 e. The lowest BCUT2D eigenvalue weighted by molar-refractivity contribution is 0.199. The first-order chi connectivity index (χ1) is 10.0. The maximum Gasteiger partial charge on any atom is 0.00223 e. The Labute approximate surface area is 138 Å². The molecule has 0 saturated heterocycles. The van der Waals surface area contributed by atoms with Gasteiger partial charge in [-0.1, -0.05) is 71.4 Å². The molecule has 5 atom stereocenters. The molecule has 0 nitrogen and oxygen atoms in total. The van der Waals surface area contributed by atoms with Crippen molar-refractivity contribution >= 4 is 12.6 Å². The Balaban J connectivity index is 2.19. The van der Waals surface area contributed by atoms with Gasteiger partial charge in [0.25, 0.3) is 0 Å². The Morgan fingerprint density at radius 1 is 1.14 bits per heavy atom. The van der Waals surface area contributed by atoms with Crippen LogP contribution in [0.3, 0.4) is 0 Å². The van der Waals surface area contributed by atoms with Crippen LogP contribution in [0.2, 0.25) is 0 Å². The van der Waals surface area contributed by atoms with Crippen LogP contribution in [0.5, 0.6) is 0 Å². The summed E-state index contributed by atoms with van der Waals surface area (Å²) in [4.78, 5) is 0. The summed E-state index contributed by atoms with van der Waals surface area (Å²) >= 11 is 4.99. The molecule has 21 heavy (non-hydrogen) atoms. The molecule has 2 rings (SSSR count). The van der Waals surface area contributed by atoms with Crippen molar-refractivity contribution in [1.82, 2.24) is 0 Å². The molecule has 122 valence electrons. The van der Waals surface area contributed by atoms with Crippen molar-refractivity contribution in [2.75, 3.05) is 0 Å². The van der Waals surface area contributed by atoms with Gasteiger partial charge in [0.2, 0.25) is 0 Å². The highest BCUT2D eigenvalue weighted by Gasteiger charge is 2.35. The van der Waals surface area contributed by atoms with Gasteiger partial charge in [0.1, 0.15) is 0 Å². The molecule has 1 heteroatoms. The van der Waals surface area contributed by atoms with Crippen LogP contribution in [0, 0.1) is 29.6 Å². The Bertz CT molecular complexity index is 329. The van der Waals surface area contributed by atoms with Crippen molar-refractivity contribution in [1.29, 1.82) is 0 Å². The van der Waals surface area contributed by atoms with Crippen molar-refractivity contribution in [2.24, 2.45) is 29.6 Å². The van der Waals surface area contributed by atoms with Crippen LogP contribution in [0.4, 0.5) is 0 Å². The van der Waals surface area contributed by atoms with E-state index in [1.54, 1.807) is 0 Å². The van der Waals surface area contributed by atoms with Crippen molar-refractivity contribution in [2.45, 2.75) is 83.8 Å². The van der Waals surface area contributed by atoms with Crippen molar-refractivity contribution in [3.05, 3.63) is 12.2 Å². The molecule has 2 aliphatic carbocycles. The fourth-order valence-corrected chi connectivity index (χ4v) is 5.54. The molecular formula is C20H36S. The third kappa shape index (κ3) is 4.53. The van der Waals surface area contributed by atoms with Gasteiger partial charge in [-0.3, -0.25) is 0 Å². The fraction of sp³-hybridized carbons (Fsp3) is 0.900. The van der Waals surface area contributed by atoms with Gasteiger partial charge < -0.3 is 0 Å². The average Bonchev–Trinajstić information content (AvgIpc) is 2.96. The molecule has 0 radical (unpaired) electrons. The summed E-state index contributed by atoms with van der Waals surface area (Å²) in [5.74, 6) is 4.16. The molecule has 0 bridgehead atoms. The molecule has 2 fully saturated rings. The van der Waals surface area contributed by atoms with Crippen LogP contribution >= 0.6 is 12.6 Å². The van der Waals surface area contributed by atoms with Crippen LogP contribution in [0.15, 0.2) is 12.2 Å². The smallest absolute Gasteiger partial charge is 0.00223 e. The highest BCUT2D eigenvalue weighted by atomic mass is 32.1. The quantitative estimate of drug-likeness (QED) is 0.445. The van der Waals surface area contributed by atoms with E-state index in [1.807, 2.05) is 0 Å². The van der Waals surface area contributed by atoms with Gasteiger partial charge in [-0.05, 0) is 48.9 Å². The first-order valence-corrected chi connectivity index (χ1v) is 9.90. The lowest BCUT2D eigenvalue weighted by atomic mass is 9.73. The lowest BCUT2D eigenvalue weighted by Gasteiger charge is -2.33. The summed E-state index contributed by atoms with van der Waals surface area (Å²) in [6.07, 6.45) is 12.5. The third-order valence-electron chi connectivity index (χ3n) is 6.48. The van der Waals surface area contributed by atoms with E-state index in [0.717, 1.165) is 23.7 Å². The highest BCUT2D eigenvalue weighted by molar-refractivity contribution is 7.80. The molecule has 0 aliphatic heterocycles. The fourth-order valence-electron chi connectivity index (χ4n) is 4.96. The highest BCUT2D eigenvalue weighted by Crippen LogP contribution is 2.45. The number of allylic oxidation sites excluding steroid dienone is 1. The molecule has 0 aromatic carbocycles. The van der Waals surface area contributed by atoms with E-state index in [4.69, 9.17) is 12.6 Å². The van der Waals surface area contributed by atoms with Gasteiger partial charge in [-0.2, -0.15) is 12.6 Å². The van der Waals surface area contributed by atoms with Crippen molar-refractivity contribution < 1.29 is 0 Å². The van der Waals surface area contributed by atoms with Crippen LogP contribution in [0.1, 0.15) is 78.6 Å². The van der Waals surface area contributed by atoms with E-state index in [9.17, 15) is 0 Å². The topological polar surface area (TPSA) is 0 Å². The zero-order chi connectivity index (χ0) is 15.4. The average molecular weight is 309 g/mol. The minimum atomic E-state index is 0.596. The van der Waals surface area contributed by atoms with Crippen LogP contribution in [0.25, 0.3) is 0 Å². The first-order valence-electron chi connectivity index (χ1n) is 9.38. The van der Waals surface area contributed by atoms with Crippen molar-refractivity contribution in [3.63, 3.8) is 0 Å². The predicted octanol–water partition coefficient (Wildman–Crippen LogP) is 6.52. The van der Waals surface area contributed by atoms with Gasteiger partial charge in [0.05, 0.1) is 0 Å². The molecule has 4 unspecified atom stereocenters. The zero-order valence-corrected chi connectivity index (χ0v) is 15.4. The lowest BCUT2D eigenvalue weighted by Crippen LogP contribution is -2.25. The molecular weight excluding hydrogens is 272 g/mol. The third-order valence-corrected chi connectivity index (χ3v) is 6.90. The Kier molecular flexibility index (Phi) is 6.72. The number of hydrogen-bond acceptors (Lipinski definition) is 1. The molecule has 0 aromatic heterocycles. The molecule has 0 heterocycles. The van der Waals surface area contributed by atoms with Gasteiger partial charge in [-0.25, -0.2) is 0 Å². The summed E-state index contributed by atoms with van der Waals surface area (Å²) in [5, 5.41) is 0.596. The normalized spacial score (nSPS) is 39.8. The number of hydrogen-bond donors (Lipinski definition) is 1. The van der Waals surface area contributed by atoms with E-state index in [0.29, 0.717) is 11.2 Å². The first kappa shape index (κ1) is 17.4. The maximum atomic E-state index is 4.99. The molecule has 2 saturated carbocycles. The Hall–Kier alpha value is 0.0900. The molecule has 0 N–H and O–H groups in total. The summed E-state index contributed by atoms with van der Waals surface area (Å²) in [5.41, 5.74) is 1.52. The van der Waals surface area contributed by atoms with E-state index in [1.165, 1.54) is 63.4 Å². The summed E-state index contributed by atoms with van der Waals surface area (Å²) in [6, 6.07) is 0. The largest absolute Gasteiger partial charge is 0.176 e. The predicted molar refractivity (Wildman–Crippen MR) is 97.9 cm³/mol. The molecule has 0 spiro atoms. The SMILES string of the molecule is C=C1CC(CCC)C(C2CCCC2)CC(S)CC(C)[C@H]1C. The second-order valence-corrected chi connectivity index (χ2v) is 8.74. The van der Waals surface area contributed by atoms with Gasteiger partial charge >= 0.3 is 0 Å². The summed E-state index contributed by atoms with van der Waals surface area (Å²) in [7, 11) is 0. The molecule has 2 aliphatic rings. The van der Waals surface area contributed by atoms with Crippen LogP contribution in [-0.4, -0.2) is 5.25 Å². The monoisotopic (exact) mass is 308 g/mol. The van der Waals surface area contributed by atoms with Gasteiger partial charge in [-0.15, -0.1) is 0 Å². The van der Waals surface area contributed by atoms with Crippen LogP contribution < -0.4 is 0 Å². The molecule has 0 amide bonds. The second kappa shape index (κ2) is 8.09. The second-order valence-electron chi connectivity index (χ2n) is 8.01. The standard InChI is InChI=1S/C20H36S/c1-5-8-18-11-14(2)16(4)15(3)12-19(21)13-20(18)17-9-6-7-10-17/h15-21H,2,5-13H2,1,3-4H3/t15?,16-,18?,19?,20?/m0/s1. The number of thiol groups is 1. The van der Waals surface area contributed by atoms with Crippen molar-refractivity contribution in [3.8, 4) is 0 Å². The summed E-state index contributed by atoms with van der Waals surface area (Å²) < 4.78 is 0. The number of rotatable bonds is 3. The van der Waals surface area contributed by atoms with E-state index in [2.05, 4.69) is 27.4 Å². The Morgan fingerprint density at radius 2 is 1.81 bits per heavy atom. The van der Waals surface area contributed by atoms with Gasteiger partial charge in [0.15, 0.2) is 0 Å². The minimum absolute atomic E-state index is 0.596. The van der Waals surface area contributed by atoms with Gasteiger partial charge in [0, 0.05) is 5.25 Å².